The molecule has 19 heavy (non-hydrogen) atoms. The number of aryl methyl sites for hydroxylation is 1. The maximum absolute atomic E-state index is 10.4. The summed E-state index contributed by atoms with van der Waals surface area (Å²) < 4.78 is 41.2. The molecule has 0 aliphatic heterocycles. The first-order chi connectivity index (χ1) is 9.05. The van der Waals surface area contributed by atoms with Gasteiger partial charge in [0.1, 0.15) is 17.1 Å². The summed E-state index contributed by atoms with van der Waals surface area (Å²) in [7, 11) is 2.14. The Hall–Kier alpha value is -0.773. The predicted molar refractivity (Wildman–Crippen MR) is 71.3 cm³/mol. The van der Waals surface area contributed by atoms with E-state index in [-0.39, 0.29) is 5.75 Å². The van der Waals surface area contributed by atoms with Crippen LogP contribution >= 0.6 is 0 Å². The van der Waals surface area contributed by atoms with Crippen LogP contribution in [0.1, 0.15) is 5.56 Å². The van der Waals surface area contributed by atoms with E-state index in [0.29, 0.717) is 12.5 Å². The highest BCUT2D eigenvalue weighted by atomic mass is 32.2. The smallest absolute Gasteiger partial charge is 0.500 e. The third-order valence-corrected chi connectivity index (χ3v) is 5.80. The lowest BCUT2D eigenvalue weighted by Gasteiger charge is -2.24. The van der Waals surface area contributed by atoms with E-state index in [0.717, 1.165) is 5.56 Å². The van der Waals surface area contributed by atoms with Gasteiger partial charge in [0.2, 0.25) is 0 Å². The fourth-order valence-corrected chi connectivity index (χ4v) is 3.62. The fraction of sp³-hybridized carbons (Fsp3) is 0.455. The van der Waals surface area contributed by atoms with Gasteiger partial charge < -0.3 is 22.0 Å². The SMILES string of the molecule is CO[Si](CCc1ccc(OS(=O)[O-])cc1)(OC)OC. The average Bonchev–Trinajstić information content (AvgIpc) is 2.42. The van der Waals surface area contributed by atoms with Crippen LogP contribution in [0.25, 0.3) is 0 Å². The standard InChI is InChI=1S/C11H18O6SSi/c1-14-19(15-2,16-3)9-8-10-4-6-11(7-5-10)17-18(12)13/h4-7H,8-9H2,1-3H3,(H,12,13)/p-1. The summed E-state index contributed by atoms with van der Waals surface area (Å²) >= 11 is -2.55. The van der Waals surface area contributed by atoms with Crippen molar-refractivity contribution in [3.05, 3.63) is 29.8 Å². The van der Waals surface area contributed by atoms with Crippen molar-refractivity contribution in [1.82, 2.24) is 0 Å². The molecule has 0 aliphatic rings. The lowest BCUT2D eigenvalue weighted by Crippen LogP contribution is -2.43. The van der Waals surface area contributed by atoms with Gasteiger partial charge in [-0.3, -0.25) is 0 Å². The van der Waals surface area contributed by atoms with Crippen LogP contribution in [-0.4, -0.2) is 38.9 Å². The minimum absolute atomic E-state index is 0.283. The second kappa shape index (κ2) is 7.73. The summed E-state index contributed by atoms with van der Waals surface area (Å²) in [6.07, 6.45) is 0.711. The van der Waals surface area contributed by atoms with E-state index < -0.39 is 20.2 Å². The molecule has 0 heterocycles. The van der Waals surface area contributed by atoms with Crippen LogP contribution < -0.4 is 4.18 Å². The van der Waals surface area contributed by atoms with Crippen LogP contribution in [0.3, 0.4) is 0 Å². The zero-order valence-electron chi connectivity index (χ0n) is 11.1. The van der Waals surface area contributed by atoms with Crippen LogP contribution in [0, 0.1) is 0 Å². The van der Waals surface area contributed by atoms with E-state index >= 15 is 0 Å². The van der Waals surface area contributed by atoms with E-state index in [1.807, 2.05) is 0 Å². The first-order valence-electron chi connectivity index (χ1n) is 5.57. The Kier molecular flexibility index (Phi) is 6.62. The third kappa shape index (κ3) is 5.01. The molecule has 0 radical (unpaired) electrons. The highest BCUT2D eigenvalue weighted by molar-refractivity contribution is 7.74. The molecular weight excluding hydrogens is 288 g/mol. The van der Waals surface area contributed by atoms with Crippen LogP contribution in [0.15, 0.2) is 24.3 Å². The number of hydrogen-bond acceptors (Lipinski definition) is 6. The van der Waals surface area contributed by atoms with E-state index in [1.54, 1.807) is 45.6 Å². The Morgan fingerprint density at radius 1 is 1.11 bits per heavy atom. The molecule has 0 aromatic heterocycles. The van der Waals surface area contributed by atoms with Gasteiger partial charge >= 0.3 is 8.80 Å². The zero-order valence-corrected chi connectivity index (χ0v) is 12.9. The van der Waals surface area contributed by atoms with Crippen molar-refractivity contribution < 1.29 is 26.2 Å². The van der Waals surface area contributed by atoms with Crippen molar-refractivity contribution in [1.29, 1.82) is 0 Å². The second-order valence-corrected chi connectivity index (χ2v) is 7.39. The van der Waals surface area contributed by atoms with Gasteiger partial charge in [0.15, 0.2) is 0 Å². The van der Waals surface area contributed by atoms with Crippen LogP contribution in [0.2, 0.25) is 6.04 Å². The predicted octanol–water partition coefficient (Wildman–Crippen LogP) is 1.28. The first kappa shape index (κ1) is 16.3. The van der Waals surface area contributed by atoms with Gasteiger partial charge in [0.25, 0.3) is 0 Å². The number of hydrogen-bond donors (Lipinski definition) is 0. The molecule has 0 bridgehead atoms. The zero-order chi connectivity index (χ0) is 14.3. The van der Waals surface area contributed by atoms with Crippen molar-refractivity contribution in [3.63, 3.8) is 0 Å². The molecule has 0 aliphatic carbocycles. The fourth-order valence-electron chi connectivity index (χ4n) is 1.64. The van der Waals surface area contributed by atoms with E-state index in [2.05, 4.69) is 4.18 Å². The van der Waals surface area contributed by atoms with Gasteiger partial charge in [-0.25, -0.2) is 4.21 Å². The first-order valence-corrected chi connectivity index (χ1v) is 8.50. The van der Waals surface area contributed by atoms with E-state index in [1.165, 1.54) is 0 Å². The summed E-state index contributed by atoms with van der Waals surface area (Å²) in [6.45, 7) is 0. The van der Waals surface area contributed by atoms with Gasteiger partial charge in [-0.15, -0.1) is 0 Å². The summed E-state index contributed by atoms with van der Waals surface area (Å²) in [6, 6.07) is 7.43. The molecule has 6 nitrogen and oxygen atoms in total. The molecule has 0 saturated heterocycles. The molecular formula is C11H17O6SSi-. The molecule has 1 unspecified atom stereocenters. The molecule has 1 aromatic rings. The lowest BCUT2D eigenvalue weighted by molar-refractivity contribution is 0.123. The Balaban J connectivity index is 2.60. The Morgan fingerprint density at radius 3 is 2.05 bits per heavy atom. The van der Waals surface area contributed by atoms with Crippen molar-refractivity contribution in [2.75, 3.05) is 21.3 Å². The molecule has 1 rings (SSSR count). The van der Waals surface area contributed by atoms with Crippen molar-refractivity contribution in [2.45, 2.75) is 12.5 Å². The Morgan fingerprint density at radius 2 is 1.63 bits per heavy atom. The molecule has 108 valence electrons. The van der Waals surface area contributed by atoms with Crippen molar-refractivity contribution in [3.8, 4) is 5.75 Å². The van der Waals surface area contributed by atoms with Gasteiger partial charge in [-0.2, -0.15) is 0 Å². The molecule has 1 aromatic carbocycles. The van der Waals surface area contributed by atoms with Gasteiger partial charge in [0.05, 0.1) is 0 Å². The molecule has 0 spiro atoms. The number of rotatable bonds is 8. The highest BCUT2D eigenvalue weighted by Crippen LogP contribution is 2.19. The average molecular weight is 305 g/mol. The van der Waals surface area contributed by atoms with Crippen molar-refractivity contribution >= 4 is 20.2 Å². The minimum atomic E-state index is -2.57. The molecule has 0 fully saturated rings. The maximum Gasteiger partial charge on any atom is 0.500 e. The molecule has 0 amide bonds. The van der Waals surface area contributed by atoms with Crippen LogP contribution in [0.5, 0.6) is 5.75 Å². The summed E-state index contributed by atoms with van der Waals surface area (Å²) in [5, 5.41) is 0. The minimum Gasteiger partial charge on any atom is -0.740 e. The van der Waals surface area contributed by atoms with E-state index in [9.17, 15) is 8.76 Å². The highest BCUT2D eigenvalue weighted by Gasteiger charge is 2.37. The summed E-state index contributed by atoms with van der Waals surface area (Å²) in [5.74, 6) is 0.283. The summed E-state index contributed by atoms with van der Waals surface area (Å²) in [5.41, 5.74) is 1.02. The van der Waals surface area contributed by atoms with E-state index in [4.69, 9.17) is 13.3 Å². The van der Waals surface area contributed by atoms with Gasteiger partial charge in [-0.1, -0.05) is 12.1 Å². The topological polar surface area (TPSA) is 77.1 Å². The Labute approximate surface area is 116 Å². The monoisotopic (exact) mass is 305 g/mol. The normalized spacial score (nSPS) is 13.3. The quantitative estimate of drug-likeness (QED) is 0.532. The van der Waals surface area contributed by atoms with Crippen molar-refractivity contribution in [2.24, 2.45) is 0 Å². The lowest BCUT2D eigenvalue weighted by atomic mass is 10.2. The molecule has 8 heteroatoms. The summed E-state index contributed by atoms with van der Waals surface area (Å²) in [4.78, 5) is 0. The largest absolute Gasteiger partial charge is 0.740 e. The van der Waals surface area contributed by atoms with Crippen LogP contribution in [0.4, 0.5) is 0 Å². The third-order valence-electron chi connectivity index (χ3n) is 2.74. The second-order valence-electron chi connectivity index (χ2n) is 3.73. The molecule has 0 N–H and O–H groups in total. The Bertz CT molecular complexity index is 398. The molecule has 0 saturated carbocycles. The van der Waals surface area contributed by atoms with Gasteiger partial charge in [-0.05, 0) is 24.1 Å². The molecule has 1 atom stereocenters. The van der Waals surface area contributed by atoms with Crippen LogP contribution in [-0.2, 0) is 31.1 Å². The van der Waals surface area contributed by atoms with Gasteiger partial charge in [0, 0.05) is 27.4 Å². The number of benzene rings is 1. The maximum atomic E-state index is 10.4.